The van der Waals surface area contributed by atoms with Crippen LogP contribution in [0, 0.1) is 10.1 Å². The number of ether oxygens (including phenoxy) is 2. The first-order chi connectivity index (χ1) is 15.6. The normalized spacial score (nSPS) is 12.4. The first-order valence-corrected chi connectivity index (χ1v) is 10.3. The molecule has 0 atom stereocenters. The number of nitrogens with zero attached hydrogens (tertiary/aromatic N) is 3. The van der Waals surface area contributed by atoms with E-state index in [4.69, 9.17) is 9.47 Å². The molecule has 32 heavy (non-hydrogen) atoms. The number of rotatable bonds is 5. The molecule has 0 aliphatic carbocycles. The van der Waals surface area contributed by atoms with E-state index in [1.165, 1.54) is 29.7 Å². The standard InChI is InChI=1S/C22H14N4O5S/c27-22(25-23-11-13-8-19-20(31-12-30-19)10-18(13)26(28)29)15-9-17(21-6-3-7-32-21)24-16-5-2-1-4-14(15)16/h1-11H,12H2,(H,25,27)/b23-11-. The van der Waals surface area contributed by atoms with Crippen molar-refractivity contribution >= 4 is 40.0 Å². The zero-order chi connectivity index (χ0) is 22.1. The van der Waals surface area contributed by atoms with Crippen LogP contribution in [0.4, 0.5) is 5.69 Å². The van der Waals surface area contributed by atoms with Gasteiger partial charge in [0, 0.05) is 5.39 Å². The molecule has 3 heterocycles. The van der Waals surface area contributed by atoms with Crippen LogP contribution in [0.3, 0.4) is 0 Å². The topological polar surface area (TPSA) is 116 Å². The molecule has 0 saturated heterocycles. The summed E-state index contributed by atoms with van der Waals surface area (Å²) in [5, 5.41) is 17.9. The van der Waals surface area contributed by atoms with Crippen molar-refractivity contribution in [2.45, 2.75) is 0 Å². The number of para-hydroxylation sites is 1. The molecule has 0 fully saturated rings. The Morgan fingerprint density at radius 3 is 2.75 bits per heavy atom. The largest absolute Gasteiger partial charge is 0.454 e. The number of fused-ring (bicyclic) bond motifs is 2. The molecule has 1 aliphatic rings. The Bertz CT molecular complexity index is 1380. The van der Waals surface area contributed by atoms with Crippen molar-refractivity contribution in [3.63, 3.8) is 0 Å². The molecule has 1 N–H and O–H groups in total. The average molecular weight is 446 g/mol. The fourth-order valence-corrected chi connectivity index (χ4v) is 4.03. The van der Waals surface area contributed by atoms with Crippen molar-refractivity contribution in [3.05, 3.63) is 81.2 Å². The molecular weight excluding hydrogens is 432 g/mol. The average Bonchev–Trinajstić information content (AvgIpc) is 3.49. The molecule has 2 aromatic carbocycles. The number of carbonyl (C=O) groups is 1. The summed E-state index contributed by atoms with van der Waals surface area (Å²) in [5.41, 5.74) is 4.19. The summed E-state index contributed by atoms with van der Waals surface area (Å²) >= 11 is 1.52. The highest BCUT2D eigenvalue weighted by Gasteiger charge is 2.22. The predicted molar refractivity (Wildman–Crippen MR) is 119 cm³/mol. The molecule has 0 bridgehead atoms. The Kier molecular flexibility index (Phi) is 4.96. The maximum atomic E-state index is 12.9. The first-order valence-electron chi connectivity index (χ1n) is 9.45. The van der Waals surface area contributed by atoms with Crippen molar-refractivity contribution in [2.24, 2.45) is 5.10 Å². The van der Waals surface area contributed by atoms with Gasteiger partial charge in [-0.05, 0) is 29.6 Å². The van der Waals surface area contributed by atoms with Gasteiger partial charge in [-0.25, -0.2) is 10.4 Å². The molecular formula is C22H14N4O5S. The first kappa shape index (κ1) is 19.6. The van der Waals surface area contributed by atoms with E-state index in [0.717, 1.165) is 4.88 Å². The number of nitro groups is 1. The molecule has 0 radical (unpaired) electrons. The summed E-state index contributed by atoms with van der Waals surface area (Å²) in [5.74, 6) is 0.215. The van der Waals surface area contributed by atoms with Gasteiger partial charge in [0.05, 0.1) is 44.4 Å². The highest BCUT2D eigenvalue weighted by atomic mass is 32.1. The number of nitrogens with one attached hydrogen (secondary N) is 1. The summed E-state index contributed by atoms with van der Waals surface area (Å²) in [7, 11) is 0. The summed E-state index contributed by atoms with van der Waals surface area (Å²) < 4.78 is 10.4. The minimum absolute atomic E-state index is 0.00842. The molecule has 1 aliphatic heterocycles. The number of hydrogen-bond acceptors (Lipinski definition) is 8. The third-order valence-corrected chi connectivity index (χ3v) is 5.72. The van der Waals surface area contributed by atoms with Gasteiger partial charge >= 0.3 is 0 Å². The second-order valence-electron chi connectivity index (χ2n) is 6.77. The van der Waals surface area contributed by atoms with E-state index in [1.807, 2.05) is 41.8 Å². The van der Waals surface area contributed by atoms with Crippen molar-refractivity contribution in [3.8, 4) is 22.1 Å². The number of carbonyl (C=O) groups excluding carboxylic acids is 1. The molecule has 158 valence electrons. The zero-order valence-electron chi connectivity index (χ0n) is 16.3. The van der Waals surface area contributed by atoms with Gasteiger partial charge in [-0.2, -0.15) is 5.10 Å². The summed E-state index contributed by atoms with van der Waals surface area (Å²) in [6.45, 7) is -0.00842. The quantitative estimate of drug-likeness (QED) is 0.277. The van der Waals surface area contributed by atoms with E-state index < -0.39 is 10.8 Å². The second kappa shape index (κ2) is 8.08. The Morgan fingerprint density at radius 1 is 1.16 bits per heavy atom. The van der Waals surface area contributed by atoms with E-state index in [0.29, 0.717) is 33.7 Å². The lowest BCUT2D eigenvalue weighted by molar-refractivity contribution is -0.385. The lowest BCUT2D eigenvalue weighted by Gasteiger charge is -2.08. The molecule has 0 spiro atoms. The van der Waals surface area contributed by atoms with Crippen LogP contribution >= 0.6 is 11.3 Å². The van der Waals surface area contributed by atoms with Crippen LogP contribution in [0.5, 0.6) is 11.5 Å². The minimum atomic E-state index is -0.547. The number of thiophene rings is 1. The third kappa shape index (κ3) is 3.63. The van der Waals surface area contributed by atoms with Crippen LogP contribution in [-0.2, 0) is 0 Å². The number of benzene rings is 2. The van der Waals surface area contributed by atoms with Crippen LogP contribution in [0.25, 0.3) is 21.5 Å². The van der Waals surface area contributed by atoms with E-state index in [1.54, 1.807) is 6.07 Å². The number of nitro benzene ring substituents is 1. The van der Waals surface area contributed by atoms with Crippen molar-refractivity contribution in [1.29, 1.82) is 0 Å². The maximum absolute atomic E-state index is 12.9. The van der Waals surface area contributed by atoms with Gasteiger partial charge in [-0.1, -0.05) is 24.3 Å². The van der Waals surface area contributed by atoms with Crippen LogP contribution in [-0.4, -0.2) is 28.8 Å². The monoisotopic (exact) mass is 446 g/mol. The number of amides is 1. The molecule has 9 nitrogen and oxygen atoms in total. The van der Waals surface area contributed by atoms with Crippen molar-refractivity contribution in [1.82, 2.24) is 10.4 Å². The molecule has 4 aromatic rings. The second-order valence-corrected chi connectivity index (χ2v) is 7.72. The molecule has 0 saturated carbocycles. The van der Waals surface area contributed by atoms with Crippen LogP contribution in [0.15, 0.2) is 65.1 Å². The fourth-order valence-electron chi connectivity index (χ4n) is 3.34. The number of aromatic nitrogens is 1. The number of hydrogen-bond donors (Lipinski definition) is 1. The molecule has 0 unspecified atom stereocenters. The van der Waals surface area contributed by atoms with E-state index >= 15 is 0 Å². The van der Waals surface area contributed by atoms with E-state index in [2.05, 4.69) is 15.5 Å². The van der Waals surface area contributed by atoms with Gasteiger partial charge in [0.25, 0.3) is 11.6 Å². The molecule has 1 amide bonds. The Morgan fingerprint density at radius 2 is 1.97 bits per heavy atom. The smallest absolute Gasteiger partial charge is 0.282 e. The lowest BCUT2D eigenvalue weighted by Crippen LogP contribution is -2.18. The summed E-state index contributed by atoms with van der Waals surface area (Å²) in [6, 6.07) is 15.6. The van der Waals surface area contributed by atoms with Gasteiger partial charge in [-0.15, -0.1) is 11.3 Å². The maximum Gasteiger partial charge on any atom is 0.282 e. The lowest BCUT2D eigenvalue weighted by atomic mass is 10.1. The van der Waals surface area contributed by atoms with E-state index in [9.17, 15) is 14.9 Å². The minimum Gasteiger partial charge on any atom is -0.454 e. The van der Waals surface area contributed by atoms with E-state index in [-0.39, 0.29) is 18.0 Å². The SMILES string of the molecule is O=C(N/N=C\c1cc2c(cc1[N+](=O)[O-])OCO2)c1cc(-c2cccs2)nc2ccccc12. The summed E-state index contributed by atoms with van der Waals surface area (Å²) in [6.07, 6.45) is 1.21. The number of hydrazone groups is 1. The number of pyridine rings is 1. The predicted octanol–water partition coefficient (Wildman–Crippen LogP) is 4.36. The van der Waals surface area contributed by atoms with Gasteiger partial charge in [0.2, 0.25) is 6.79 Å². The van der Waals surface area contributed by atoms with Gasteiger partial charge in [-0.3, -0.25) is 14.9 Å². The van der Waals surface area contributed by atoms with Gasteiger partial charge in [0.1, 0.15) is 0 Å². The molecule has 10 heteroatoms. The highest BCUT2D eigenvalue weighted by Crippen LogP contribution is 2.37. The third-order valence-electron chi connectivity index (χ3n) is 4.82. The Hall–Kier alpha value is -4.31. The van der Waals surface area contributed by atoms with Gasteiger partial charge in [0.15, 0.2) is 11.5 Å². The van der Waals surface area contributed by atoms with Crippen molar-refractivity contribution in [2.75, 3.05) is 6.79 Å². The Labute approximate surface area is 185 Å². The molecule has 2 aromatic heterocycles. The Balaban J connectivity index is 1.46. The zero-order valence-corrected chi connectivity index (χ0v) is 17.2. The van der Waals surface area contributed by atoms with Crippen LogP contribution in [0.1, 0.15) is 15.9 Å². The van der Waals surface area contributed by atoms with Gasteiger partial charge < -0.3 is 9.47 Å². The molecule has 5 rings (SSSR count). The summed E-state index contributed by atoms with van der Waals surface area (Å²) in [4.78, 5) is 29.4. The fraction of sp³-hybridized carbons (Fsp3) is 0.0455. The highest BCUT2D eigenvalue weighted by molar-refractivity contribution is 7.13. The van der Waals surface area contributed by atoms with Crippen LogP contribution < -0.4 is 14.9 Å². The van der Waals surface area contributed by atoms with Crippen LogP contribution in [0.2, 0.25) is 0 Å². The van der Waals surface area contributed by atoms with Crippen molar-refractivity contribution < 1.29 is 19.2 Å².